The maximum atomic E-state index is 11.7. The zero-order valence-corrected chi connectivity index (χ0v) is 11.0. The average Bonchev–Trinajstić information content (AvgIpc) is 2.24. The van der Waals surface area contributed by atoms with E-state index in [2.05, 4.69) is 5.32 Å². The predicted octanol–water partition coefficient (Wildman–Crippen LogP) is 2.04. The third-order valence-corrected chi connectivity index (χ3v) is 3.43. The third-order valence-electron chi connectivity index (χ3n) is 3.43. The number of hydrogen-bond acceptors (Lipinski definition) is 2. The van der Waals surface area contributed by atoms with Crippen LogP contribution in [-0.4, -0.2) is 23.5 Å². The highest BCUT2D eigenvalue weighted by atomic mass is 16.4. The molecule has 17 heavy (non-hydrogen) atoms. The van der Waals surface area contributed by atoms with Gasteiger partial charge in [0.1, 0.15) is 0 Å². The molecule has 0 heterocycles. The summed E-state index contributed by atoms with van der Waals surface area (Å²) in [4.78, 5) is 22.8. The van der Waals surface area contributed by atoms with E-state index in [-0.39, 0.29) is 17.7 Å². The van der Waals surface area contributed by atoms with Gasteiger partial charge < -0.3 is 10.4 Å². The Bertz CT molecular complexity index is 294. The van der Waals surface area contributed by atoms with Gasteiger partial charge in [0.15, 0.2) is 0 Å². The van der Waals surface area contributed by atoms with Gasteiger partial charge in [-0.1, -0.05) is 33.6 Å². The normalized spacial score (nSPS) is 25.4. The highest BCUT2D eigenvalue weighted by Crippen LogP contribution is 2.30. The fourth-order valence-corrected chi connectivity index (χ4v) is 2.27. The number of aliphatic carboxylic acids is 1. The van der Waals surface area contributed by atoms with Crippen molar-refractivity contribution in [2.75, 3.05) is 6.54 Å². The Kier molecular flexibility index (Phi) is 4.54. The monoisotopic (exact) mass is 241 g/mol. The molecule has 0 radical (unpaired) electrons. The lowest BCUT2D eigenvalue weighted by Crippen LogP contribution is -2.41. The van der Waals surface area contributed by atoms with E-state index < -0.39 is 11.4 Å². The van der Waals surface area contributed by atoms with Crippen molar-refractivity contribution in [2.45, 2.75) is 46.5 Å². The standard InChI is InChI=1S/C13H23NO3/c1-13(2,3)12(17)14-8-9-6-4-5-7-10(9)11(15)16/h9-10H,4-8H2,1-3H3,(H,14,17)(H,15,16)/t9-,10-/m0/s1. The first kappa shape index (κ1) is 14.0. The number of carbonyl (C=O) groups excluding carboxylic acids is 1. The van der Waals surface area contributed by atoms with Gasteiger partial charge in [0.25, 0.3) is 0 Å². The zero-order valence-electron chi connectivity index (χ0n) is 11.0. The van der Waals surface area contributed by atoms with E-state index in [1.165, 1.54) is 0 Å². The lowest BCUT2D eigenvalue weighted by molar-refractivity contribution is -0.145. The van der Waals surface area contributed by atoms with Crippen LogP contribution >= 0.6 is 0 Å². The summed E-state index contributed by atoms with van der Waals surface area (Å²) >= 11 is 0. The second kappa shape index (κ2) is 5.52. The fourth-order valence-electron chi connectivity index (χ4n) is 2.27. The van der Waals surface area contributed by atoms with Crippen LogP contribution in [-0.2, 0) is 9.59 Å². The van der Waals surface area contributed by atoms with Crippen LogP contribution in [0.4, 0.5) is 0 Å². The molecule has 2 atom stereocenters. The summed E-state index contributed by atoms with van der Waals surface area (Å²) in [5.41, 5.74) is -0.409. The van der Waals surface area contributed by atoms with Crippen LogP contribution < -0.4 is 5.32 Å². The summed E-state index contributed by atoms with van der Waals surface area (Å²) in [6.45, 7) is 6.07. The molecular formula is C13H23NO3. The first-order valence-corrected chi connectivity index (χ1v) is 6.33. The highest BCUT2D eigenvalue weighted by Gasteiger charge is 2.31. The molecule has 0 aliphatic heterocycles. The molecule has 1 saturated carbocycles. The molecular weight excluding hydrogens is 218 g/mol. The molecule has 1 amide bonds. The van der Waals surface area contributed by atoms with E-state index in [4.69, 9.17) is 5.11 Å². The van der Waals surface area contributed by atoms with Crippen molar-refractivity contribution in [1.82, 2.24) is 5.32 Å². The number of rotatable bonds is 3. The molecule has 0 unspecified atom stereocenters. The number of amides is 1. The van der Waals surface area contributed by atoms with Gasteiger partial charge in [-0.2, -0.15) is 0 Å². The van der Waals surface area contributed by atoms with Crippen LogP contribution in [0.2, 0.25) is 0 Å². The minimum absolute atomic E-state index is 0.00721. The lowest BCUT2D eigenvalue weighted by Gasteiger charge is -2.29. The maximum absolute atomic E-state index is 11.7. The summed E-state index contributed by atoms with van der Waals surface area (Å²) in [6.07, 6.45) is 3.70. The summed E-state index contributed by atoms with van der Waals surface area (Å²) in [5, 5.41) is 12.0. The molecule has 98 valence electrons. The zero-order chi connectivity index (χ0) is 13.1. The van der Waals surface area contributed by atoms with Crippen molar-refractivity contribution < 1.29 is 14.7 Å². The number of carbonyl (C=O) groups is 2. The topological polar surface area (TPSA) is 66.4 Å². The molecule has 0 spiro atoms. The lowest BCUT2D eigenvalue weighted by atomic mass is 9.79. The van der Waals surface area contributed by atoms with Crippen LogP contribution in [0.3, 0.4) is 0 Å². The van der Waals surface area contributed by atoms with Gasteiger partial charge >= 0.3 is 5.97 Å². The van der Waals surface area contributed by atoms with E-state index in [0.717, 1.165) is 25.7 Å². The number of nitrogens with one attached hydrogen (secondary N) is 1. The Labute approximate surface area is 103 Å². The molecule has 1 aliphatic rings. The van der Waals surface area contributed by atoms with Gasteiger partial charge in [-0.15, -0.1) is 0 Å². The summed E-state index contributed by atoms with van der Waals surface area (Å²) in [5.74, 6) is -0.927. The first-order valence-electron chi connectivity index (χ1n) is 6.33. The SMILES string of the molecule is CC(C)(C)C(=O)NC[C@@H]1CCCC[C@@H]1C(=O)O. The number of hydrogen-bond donors (Lipinski definition) is 2. The molecule has 0 saturated heterocycles. The van der Waals surface area contributed by atoms with Crippen molar-refractivity contribution in [3.05, 3.63) is 0 Å². The van der Waals surface area contributed by atoms with E-state index in [9.17, 15) is 9.59 Å². The average molecular weight is 241 g/mol. The van der Waals surface area contributed by atoms with Gasteiger partial charge in [-0.25, -0.2) is 0 Å². The summed E-state index contributed by atoms with van der Waals surface area (Å²) < 4.78 is 0. The van der Waals surface area contributed by atoms with Crippen LogP contribution in [0, 0.1) is 17.3 Å². The van der Waals surface area contributed by atoms with Crippen molar-refractivity contribution in [1.29, 1.82) is 0 Å². The molecule has 0 bridgehead atoms. The predicted molar refractivity (Wildman–Crippen MR) is 65.5 cm³/mol. The fraction of sp³-hybridized carbons (Fsp3) is 0.846. The smallest absolute Gasteiger partial charge is 0.306 e. The Balaban J connectivity index is 2.49. The molecule has 1 aliphatic carbocycles. The van der Waals surface area contributed by atoms with E-state index in [0.29, 0.717) is 6.54 Å². The number of carboxylic acid groups (broad SMARTS) is 1. The quantitative estimate of drug-likeness (QED) is 0.794. The molecule has 4 nitrogen and oxygen atoms in total. The van der Waals surface area contributed by atoms with Crippen molar-refractivity contribution in [3.8, 4) is 0 Å². The van der Waals surface area contributed by atoms with Gasteiger partial charge in [0.05, 0.1) is 5.92 Å². The van der Waals surface area contributed by atoms with Gasteiger partial charge in [0, 0.05) is 12.0 Å². The molecule has 0 aromatic rings. The maximum Gasteiger partial charge on any atom is 0.306 e. The largest absolute Gasteiger partial charge is 0.481 e. The van der Waals surface area contributed by atoms with Gasteiger partial charge in [-0.3, -0.25) is 9.59 Å². The Morgan fingerprint density at radius 3 is 2.35 bits per heavy atom. The third kappa shape index (κ3) is 4.02. The number of carboxylic acids is 1. The minimum Gasteiger partial charge on any atom is -0.481 e. The summed E-state index contributed by atoms with van der Waals surface area (Å²) in [6, 6.07) is 0. The Morgan fingerprint density at radius 2 is 1.82 bits per heavy atom. The Hall–Kier alpha value is -1.06. The van der Waals surface area contributed by atoms with E-state index >= 15 is 0 Å². The second-order valence-electron chi connectivity index (χ2n) is 5.95. The second-order valence-corrected chi connectivity index (χ2v) is 5.95. The van der Waals surface area contributed by atoms with E-state index in [1.807, 2.05) is 20.8 Å². The van der Waals surface area contributed by atoms with Crippen LogP contribution in [0.1, 0.15) is 46.5 Å². The van der Waals surface area contributed by atoms with Crippen LogP contribution in [0.15, 0.2) is 0 Å². The molecule has 2 N–H and O–H groups in total. The first-order chi connectivity index (χ1) is 7.82. The molecule has 1 rings (SSSR count). The van der Waals surface area contributed by atoms with Crippen molar-refractivity contribution >= 4 is 11.9 Å². The summed E-state index contributed by atoms with van der Waals surface area (Å²) in [7, 11) is 0. The Morgan fingerprint density at radius 1 is 1.24 bits per heavy atom. The molecule has 4 heteroatoms. The molecule has 1 fully saturated rings. The van der Waals surface area contributed by atoms with Gasteiger partial charge in [-0.05, 0) is 18.8 Å². The molecule has 0 aromatic carbocycles. The van der Waals surface area contributed by atoms with Crippen LogP contribution in [0.5, 0.6) is 0 Å². The van der Waals surface area contributed by atoms with Gasteiger partial charge in [0.2, 0.25) is 5.91 Å². The van der Waals surface area contributed by atoms with Crippen LogP contribution in [0.25, 0.3) is 0 Å². The highest BCUT2D eigenvalue weighted by molar-refractivity contribution is 5.81. The van der Waals surface area contributed by atoms with E-state index in [1.54, 1.807) is 0 Å². The minimum atomic E-state index is -0.722. The molecule has 0 aromatic heterocycles. The van der Waals surface area contributed by atoms with Crippen molar-refractivity contribution in [2.24, 2.45) is 17.3 Å². The van der Waals surface area contributed by atoms with Crippen molar-refractivity contribution in [3.63, 3.8) is 0 Å².